The predicted molar refractivity (Wildman–Crippen MR) is 101 cm³/mol. The van der Waals surface area contributed by atoms with E-state index in [2.05, 4.69) is 9.44 Å². The molecule has 25 heavy (non-hydrogen) atoms. The van der Waals surface area contributed by atoms with Gasteiger partial charge in [0.05, 0.1) is 0 Å². The highest BCUT2D eigenvalue weighted by Crippen LogP contribution is 2.15. The average Bonchev–Trinajstić information content (AvgIpc) is 2.64. The van der Waals surface area contributed by atoms with Crippen LogP contribution in [-0.4, -0.2) is 21.5 Å². The normalized spacial score (nSPS) is 11.4. The van der Waals surface area contributed by atoms with Crippen molar-refractivity contribution in [3.05, 3.63) is 65.7 Å². The minimum Gasteiger partial charge on any atom is -0.489 e. The third-order valence-electron chi connectivity index (χ3n) is 3.65. The molecule has 2 aromatic carbocycles. The first-order valence-corrected chi connectivity index (χ1v) is 10.1. The number of hydrogen-bond donors (Lipinski definition) is 2. The Kier molecular flexibility index (Phi) is 7.91. The molecule has 0 unspecified atom stereocenters. The Morgan fingerprint density at radius 2 is 1.56 bits per heavy atom. The maximum atomic E-state index is 11.6. The standard InChI is InChI=1S/C19H26N2O3S/c1-2-14-20-25(22,23)21-15-6-9-17-10-12-19(13-11-17)24-16-18-7-4-3-5-8-18/h3-5,7-8,10-13,20-21H,2,6,9,14-16H2,1H3. The first-order valence-electron chi connectivity index (χ1n) is 8.59. The van der Waals surface area contributed by atoms with E-state index in [-0.39, 0.29) is 0 Å². The summed E-state index contributed by atoms with van der Waals surface area (Å²) in [4.78, 5) is 0. The fourth-order valence-electron chi connectivity index (χ4n) is 2.28. The minimum absolute atomic E-state index is 0.422. The summed E-state index contributed by atoms with van der Waals surface area (Å²) in [6.45, 7) is 3.35. The van der Waals surface area contributed by atoms with Gasteiger partial charge >= 0.3 is 0 Å². The van der Waals surface area contributed by atoms with Gasteiger partial charge in [0.2, 0.25) is 0 Å². The molecule has 5 nitrogen and oxygen atoms in total. The van der Waals surface area contributed by atoms with Crippen molar-refractivity contribution < 1.29 is 13.2 Å². The lowest BCUT2D eigenvalue weighted by Crippen LogP contribution is -2.37. The molecule has 0 aromatic heterocycles. The van der Waals surface area contributed by atoms with Crippen molar-refractivity contribution in [1.82, 2.24) is 9.44 Å². The number of benzene rings is 2. The van der Waals surface area contributed by atoms with E-state index < -0.39 is 10.2 Å². The SMILES string of the molecule is CCCNS(=O)(=O)NCCCc1ccc(OCc2ccccc2)cc1. The number of aryl methyl sites for hydroxylation is 1. The summed E-state index contributed by atoms with van der Waals surface area (Å²) in [7, 11) is -3.36. The van der Waals surface area contributed by atoms with Gasteiger partial charge in [-0.05, 0) is 42.5 Å². The first kappa shape index (κ1) is 19.4. The molecule has 0 radical (unpaired) electrons. The fraction of sp³-hybridized carbons (Fsp3) is 0.368. The van der Waals surface area contributed by atoms with E-state index in [0.717, 1.165) is 36.1 Å². The van der Waals surface area contributed by atoms with Gasteiger partial charge in [-0.25, -0.2) is 9.44 Å². The zero-order chi connectivity index (χ0) is 18.0. The van der Waals surface area contributed by atoms with E-state index >= 15 is 0 Å². The Bertz CT molecular complexity index is 716. The molecular weight excluding hydrogens is 336 g/mol. The minimum atomic E-state index is -3.36. The van der Waals surface area contributed by atoms with Crippen LogP contribution in [0.2, 0.25) is 0 Å². The number of rotatable bonds is 11. The van der Waals surface area contributed by atoms with Crippen molar-refractivity contribution in [2.75, 3.05) is 13.1 Å². The molecule has 0 aliphatic carbocycles. The summed E-state index contributed by atoms with van der Waals surface area (Å²) in [5, 5.41) is 0. The summed E-state index contributed by atoms with van der Waals surface area (Å²) in [5.74, 6) is 0.831. The molecule has 0 saturated heterocycles. The lowest BCUT2D eigenvalue weighted by atomic mass is 10.1. The van der Waals surface area contributed by atoms with Gasteiger partial charge in [-0.3, -0.25) is 0 Å². The Balaban J connectivity index is 1.70. The van der Waals surface area contributed by atoms with Gasteiger partial charge in [-0.1, -0.05) is 49.4 Å². The predicted octanol–water partition coefficient (Wildman–Crippen LogP) is 3.03. The molecule has 2 rings (SSSR count). The molecule has 0 spiro atoms. The molecule has 0 fully saturated rings. The van der Waals surface area contributed by atoms with Crippen LogP contribution >= 0.6 is 0 Å². The van der Waals surface area contributed by atoms with Crippen LogP contribution in [0.4, 0.5) is 0 Å². The molecule has 0 amide bonds. The van der Waals surface area contributed by atoms with Crippen LogP contribution < -0.4 is 14.2 Å². The van der Waals surface area contributed by atoms with Crippen LogP contribution in [0.3, 0.4) is 0 Å². The molecule has 0 atom stereocenters. The highest BCUT2D eigenvalue weighted by molar-refractivity contribution is 7.87. The summed E-state index contributed by atoms with van der Waals surface area (Å²) in [5.41, 5.74) is 2.29. The van der Waals surface area contributed by atoms with Gasteiger partial charge in [-0.15, -0.1) is 0 Å². The summed E-state index contributed by atoms with van der Waals surface area (Å²) in [6.07, 6.45) is 2.34. The van der Waals surface area contributed by atoms with Crippen LogP contribution in [0, 0.1) is 0 Å². The zero-order valence-electron chi connectivity index (χ0n) is 14.6. The van der Waals surface area contributed by atoms with Crippen molar-refractivity contribution in [2.45, 2.75) is 32.8 Å². The largest absolute Gasteiger partial charge is 0.489 e. The maximum Gasteiger partial charge on any atom is 0.276 e. The molecule has 2 N–H and O–H groups in total. The summed E-state index contributed by atoms with van der Waals surface area (Å²) < 4.78 is 34.0. The molecule has 136 valence electrons. The van der Waals surface area contributed by atoms with Crippen LogP contribution in [0.5, 0.6) is 5.75 Å². The highest BCUT2D eigenvalue weighted by Gasteiger charge is 2.06. The zero-order valence-corrected chi connectivity index (χ0v) is 15.4. The van der Waals surface area contributed by atoms with Gasteiger partial charge in [0.25, 0.3) is 10.2 Å². The third kappa shape index (κ3) is 7.69. The number of hydrogen-bond acceptors (Lipinski definition) is 3. The van der Waals surface area contributed by atoms with E-state index in [1.807, 2.05) is 61.5 Å². The Morgan fingerprint density at radius 3 is 2.24 bits per heavy atom. The van der Waals surface area contributed by atoms with Crippen molar-refractivity contribution in [1.29, 1.82) is 0 Å². The first-order chi connectivity index (χ1) is 12.1. The molecule has 0 heterocycles. The molecular formula is C19H26N2O3S. The van der Waals surface area contributed by atoms with Crippen molar-refractivity contribution >= 4 is 10.2 Å². The Morgan fingerprint density at radius 1 is 0.880 bits per heavy atom. The maximum absolute atomic E-state index is 11.6. The van der Waals surface area contributed by atoms with E-state index in [1.165, 1.54) is 0 Å². The number of ether oxygens (including phenoxy) is 1. The van der Waals surface area contributed by atoms with Crippen LogP contribution in [0.25, 0.3) is 0 Å². The van der Waals surface area contributed by atoms with Crippen molar-refractivity contribution in [3.8, 4) is 5.75 Å². The lowest BCUT2D eigenvalue weighted by Gasteiger charge is -2.09. The Hall–Kier alpha value is -1.89. The van der Waals surface area contributed by atoms with E-state index in [9.17, 15) is 8.42 Å². The molecule has 2 aromatic rings. The van der Waals surface area contributed by atoms with Crippen LogP contribution in [-0.2, 0) is 23.2 Å². The molecule has 0 saturated carbocycles. The van der Waals surface area contributed by atoms with Gasteiger partial charge in [0, 0.05) is 13.1 Å². The highest BCUT2D eigenvalue weighted by atomic mass is 32.2. The topological polar surface area (TPSA) is 67.4 Å². The van der Waals surface area contributed by atoms with Crippen molar-refractivity contribution in [3.63, 3.8) is 0 Å². The third-order valence-corrected chi connectivity index (χ3v) is 4.82. The lowest BCUT2D eigenvalue weighted by molar-refractivity contribution is 0.306. The Labute approximate surface area is 150 Å². The smallest absolute Gasteiger partial charge is 0.276 e. The van der Waals surface area contributed by atoms with Crippen LogP contribution in [0.15, 0.2) is 54.6 Å². The molecule has 0 bridgehead atoms. The second-order valence-corrected chi connectivity index (χ2v) is 7.40. The van der Waals surface area contributed by atoms with Gasteiger partial charge in [0.15, 0.2) is 0 Å². The van der Waals surface area contributed by atoms with Gasteiger partial charge in [-0.2, -0.15) is 8.42 Å². The second-order valence-electron chi connectivity index (χ2n) is 5.81. The molecule has 0 aliphatic heterocycles. The summed E-state index contributed by atoms with van der Waals surface area (Å²) in [6, 6.07) is 18.0. The molecule has 0 aliphatic rings. The van der Waals surface area contributed by atoms with E-state index in [0.29, 0.717) is 19.7 Å². The fourth-order valence-corrected chi connectivity index (χ4v) is 3.27. The van der Waals surface area contributed by atoms with E-state index in [4.69, 9.17) is 4.74 Å². The second kappa shape index (κ2) is 10.2. The molecule has 6 heteroatoms. The quantitative estimate of drug-likeness (QED) is 0.604. The van der Waals surface area contributed by atoms with Crippen LogP contribution in [0.1, 0.15) is 30.9 Å². The van der Waals surface area contributed by atoms with Gasteiger partial charge < -0.3 is 4.74 Å². The monoisotopic (exact) mass is 362 g/mol. The van der Waals surface area contributed by atoms with Gasteiger partial charge in [0.1, 0.15) is 12.4 Å². The summed E-state index contributed by atoms with van der Waals surface area (Å²) >= 11 is 0. The number of nitrogens with one attached hydrogen (secondary N) is 2. The van der Waals surface area contributed by atoms with Crippen molar-refractivity contribution in [2.24, 2.45) is 0 Å². The average molecular weight is 362 g/mol. The van der Waals surface area contributed by atoms with E-state index in [1.54, 1.807) is 0 Å².